The Morgan fingerprint density at radius 3 is 2.48 bits per heavy atom. The minimum Gasteiger partial charge on any atom is -0.466 e. The maximum atomic E-state index is 12.3. The largest absolute Gasteiger partial charge is 0.466 e. The Balaban J connectivity index is 2.44. The molecule has 0 saturated heterocycles. The van der Waals surface area contributed by atoms with Gasteiger partial charge >= 0.3 is 5.97 Å². The van der Waals surface area contributed by atoms with Crippen molar-refractivity contribution in [2.45, 2.75) is 26.8 Å². The number of methoxy groups -OCH3 is 1. The van der Waals surface area contributed by atoms with Gasteiger partial charge in [0.05, 0.1) is 18.7 Å². The minimum absolute atomic E-state index is 0.255. The van der Waals surface area contributed by atoms with E-state index in [9.17, 15) is 4.79 Å². The van der Waals surface area contributed by atoms with Gasteiger partial charge in [-0.3, -0.25) is 0 Å². The highest BCUT2D eigenvalue weighted by atomic mass is 32.1. The Bertz CT molecular complexity index is 657. The van der Waals surface area contributed by atoms with Crippen molar-refractivity contribution in [2.75, 3.05) is 7.11 Å². The summed E-state index contributed by atoms with van der Waals surface area (Å²) in [6.45, 7) is 6.10. The van der Waals surface area contributed by atoms with Crippen molar-refractivity contribution < 1.29 is 9.53 Å². The number of ether oxygens (including phenoxy) is 1. The molecule has 0 saturated carbocycles. The second kappa shape index (κ2) is 6.96. The predicted molar refractivity (Wildman–Crippen MR) is 96.6 cm³/mol. The first kappa shape index (κ1) is 17.2. The highest BCUT2D eigenvalue weighted by molar-refractivity contribution is 7.80. The third-order valence-corrected chi connectivity index (χ3v) is 3.76. The molecule has 0 radical (unpaired) electrons. The summed E-state index contributed by atoms with van der Waals surface area (Å²) in [6.07, 6.45) is 3.90. The van der Waals surface area contributed by atoms with Gasteiger partial charge in [0.2, 0.25) is 0 Å². The number of carbonyl (C=O) groups excluding carboxylic acids is 1. The molecule has 2 N–H and O–H groups in total. The molecule has 0 spiro atoms. The van der Waals surface area contributed by atoms with E-state index in [1.165, 1.54) is 7.11 Å². The Kier molecular flexibility index (Phi) is 5.21. The average molecular weight is 330 g/mol. The fraction of sp³-hybridized carbons (Fsp3) is 0.333. The molecule has 0 unspecified atom stereocenters. The average Bonchev–Trinajstić information content (AvgIpc) is 2.51. The van der Waals surface area contributed by atoms with Crippen molar-refractivity contribution in [1.82, 2.24) is 10.6 Å². The highest BCUT2D eigenvalue weighted by Crippen LogP contribution is 2.30. The zero-order valence-corrected chi connectivity index (χ0v) is 14.7. The van der Waals surface area contributed by atoms with E-state index >= 15 is 0 Å². The number of esters is 1. The van der Waals surface area contributed by atoms with Crippen LogP contribution in [-0.4, -0.2) is 24.2 Å². The van der Waals surface area contributed by atoms with Crippen molar-refractivity contribution >= 4 is 29.4 Å². The summed E-state index contributed by atoms with van der Waals surface area (Å²) < 4.78 is 4.98. The van der Waals surface area contributed by atoms with Gasteiger partial charge in [0, 0.05) is 11.1 Å². The lowest BCUT2D eigenvalue weighted by Crippen LogP contribution is -2.51. The van der Waals surface area contributed by atoms with E-state index in [2.05, 4.69) is 10.6 Å². The first-order valence-electron chi connectivity index (χ1n) is 7.46. The molecule has 2 rings (SSSR count). The van der Waals surface area contributed by atoms with Crippen LogP contribution in [-0.2, 0) is 9.53 Å². The van der Waals surface area contributed by atoms with E-state index in [1.807, 2.05) is 63.3 Å². The summed E-state index contributed by atoms with van der Waals surface area (Å²) in [7, 11) is 1.39. The quantitative estimate of drug-likeness (QED) is 0.659. The van der Waals surface area contributed by atoms with Crippen LogP contribution >= 0.6 is 12.2 Å². The van der Waals surface area contributed by atoms with Crippen molar-refractivity contribution in [3.05, 3.63) is 53.2 Å². The number of allylic oxidation sites excluding steroid dienone is 1. The van der Waals surface area contributed by atoms with Gasteiger partial charge < -0.3 is 15.4 Å². The van der Waals surface area contributed by atoms with Gasteiger partial charge in [-0.25, -0.2) is 4.79 Å². The molecule has 122 valence electrons. The molecular formula is C18H22N2O2S. The lowest BCUT2D eigenvalue weighted by molar-refractivity contribution is -0.136. The summed E-state index contributed by atoms with van der Waals surface area (Å²) in [5.74, 6) is -0.361. The molecule has 1 aliphatic rings. The molecule has 0 fully saturated rings. The number of carbonyl (C=O) groups is 1. The maximum absolute atomic E-state index is 12.3. The van der Waals surface area contributed by atoms with Crippen LogP contribution in [0.1, 0.15) is 26.3 Å². The summed E-state index contributed by atoms with van der Waals surface area (Å²) in [5.41, 5.74) is 2.14. The molecule has 1 heterocycles. The number of benzene rings is 1. The minimum atomic E-state index is -0.361. The zero-order chi connectivity index (χ0) is 17.0. The predicted octanol–water partition coefficient (Wildman–Crippen LogP) is 3.02. The standard InChI is InChI=1S/C18H22N2O2S/c1-18(2,3)15-14(16(21)22-4)13(19-17(23)20-15)11-10-12-8-6-5-7-9-12/h5-11,13H,1-4H3,(H2,19,20,23)/b11-10+/t13-/m0/s1. The van der Waals surface area contributed by atoms with Crippen LogP contribution in [0.3, 0.4) is 0 Å². The van der Waals surface area contributed by atoms with Crippen molar-refractivity contribution in [2.24, 2.45) is 5.41 Å². The molecule has 1 atom stereocenters. The second-order valence-corrected chi connectivity index (χ2v) is 6.78. The molecule has 0 bridgehead atoms. The topological polar surface area (TPSA) is 50.4 Å². The second-order valence-electron chi connectivity index (χ2n) is 6.38. The lowest BCUT2D eigenvalue weighted by Gasteiger charge is -2.35. The molecule has 0 aromatic heterocycles. The number of nitrogens with one attached hydrogen (secondary N) is 2. The molecule has 1 aliphatic heterocycles. The Morgan fingerprint density at radius 2 is 1.91 bits per heavy atom. The van der Waals surface area contributed by atoms with Gasteiger partial charge in [-0.15, -0.1) is 0 Å². The van der Waals surface area contributed by atoms with E-state index in [-0.39, 0.29) is 17.4 Å². The molecule has 5 heteroatoms. The van der Waals surface area contributed by atoms with Crippen molar-refractivity contribution in [3.8, 4) is 0 Å². The third kappa shape index (κ3) is 4.20. The Labute approximate surface area is 142 Å². The Hall–Kier alpha value is -2.14. The first-order chi connectivity index (χ1) is 10.8. The molecule has 1 aromatic carbocycles. The van der Waals surface area contributed by atoms with Crippen LogP contribution in [0.4, 0.5) is 0 Å². The van der Waals surface area contributed by atoms with Crippen LogP contribution in [0.15, 0.2) is 47.7 Å². The van der Waals surface area contributed by atoms with Gasteiger partial charge in [-0.2, -0.15) is 0 Å². The Morgan fingerprint density at radius 1 is 1.26 bits per heavy atom. The molecule has 0 amide bonds. The highest BCUT2D eigenvalue weighted by Gasteiger charge is 2.34. The third-order valence-electron chi connectivity index (χ3n) is 3.54. The zero-order valence-electron chi connectivity index (χ0n) is 13.8. The smallest absolute Gasteiger partial charge is 0.337 e. The fourth-order valence-electron chi connectivity index (χ4n) is 2.43. The van der Waals surface area contributed by atoms with Crippen LogP contribution < -0.4 is 10.6 Å². The van der Waals surface area contributed by atoms with Crippen molar-refractivity contribution in [3.63, 3.8) is 0 Å². The van der Waals surface area contributed by atoms with Gasteiger partial charge in [-0.05, 0) is 17.8 Å². The normalized spacial score (nSPS) is 18.6. The number of thiocarbonyl (C=S) groups is 1. The van der Waals surface area contributed by atoms with Gasteiger partial charge in [0.1, 0.15) is 0 Å². The van der Waals surface area contributed by atoms with Gasteiger partial charge in [-0.1, -0.05) is 63.3 Å². The van der Waals surface area contributed by atoms with Crippen LogP contribution in [0.25, 0.3) is 6.08 Å². The van der Waals surface area contributed by atoms with Crippen LogP contribution in [0, 0.1) is 5.41 Å². The number of rotatable bonds is 3. The van der Waals surface area contributed by atoms with Crippen molar-refractivity contribution in [1.29, 1.82) is 0 Å². The monoisotopic (exact) mass is 330 g/mol. The van der Waals surface area contributed by atoms with Gasteiger partial charge in [0.25, 0.3) is 0 Å². The maximum Gasteiger partial charge on any atom is 0.337 e. The van der Waals surface area contributed by atoms with Crippen LogP contribution in [0.2, 0.25) is 0 Å². The summed E-state index contributed by atoms with van der Waals surface area (Å²) in [6, 6.07) is 9.58. The molecular weight excluding hydrogens is 308 g/mol. The van der Waals surface area contributed by atoms with Gasteiger partial charge in [0.15, 0.2) is 5.11 Å². The van der Waals surface area contributed by atoms with Crippen LogP contribution in [0.5, 0.6) is 0 Å². The molecule has 0 aliphatic carbocycles. The lowest BCUT2D eigenvalue weighted by atomic mass is 9.85. The van der Waals surface area contributed by atoms with E-state index in [0.29, 0.717) is 10.7 Å². The van der Waals surface area contributed by atoms with E-state index < -0.39 is 0 Å². The molecule has 4 nitrogen and oxygen atoms in total. The SMILES string of the molecule is COC(=O)C1=C(C(C)(C)C)NC(=S)N[C@H]1/C=C/c1ccccc1. The first-order valence-corrected chi connectivity index (χ1v) is 7.87. The summed E-state index contributed by atoms with van der Waals surface area (Å²) in [4.78, 5) is 12.3. The van der Waals surface area contributed by atoms with E-state index in [1.54, 1.807) is 0 Å². The summed E-state index contributed by atoms with van der Waals surface area (Å²) in [5, 5.41) is 6.75. The fourth-order valence-corrected chi connectivity index (χ4v) is 2.66. The number of hydrogen-bond acceptors (Lipinski definition) is 3. The molecule has 23 heavy (non-hydrogen) atoms. The van der Waals surface area contributed by atoms with E-state index in [0.717, 1.165) is 11.3 Å². The number of hydrogen-bond donors (Lipinski definition) is 2. The van der Waals surface area contributed by atoms with E-state index in [4.69, 9.17) is 17.0 Å². The molecule has 1 aromatic rings. The summed E-state index contributed by atoms with van der Waals surface area (Å²) >= 11 is 5.29.